The van der Waals surface area contributed by atoms with E-state index in [1.807, 2.05) is 11.0 Å². The van der Waals surface area contributed by atoms with Gasteiger partial charge in [0, 0.05) is 23.3 Å². The highest BCUT2D eigenvalue weighted by atomic mass is 79.9. The van der Waals surface area contributed by atoms with E-state index in [0.29, 0.717) is 5.91 Å². The molecule has 1 aliphatic heterocycles. The van der Waals surface area contributed by atoms with Crippen molar-refractivity contribution >= 4 is 33.6 Å². The van der Waals surface area contributed by atoms with E-state index < -0.39 is 0 Å². The Balaban J connectivity index is 1.99. The Hall–Kier alpha value is -0.480. The van der Waals surface area contributed by atoms with Gasteiger partial charge in [0.15, 0.2) is 0 Å². The topological polar surface area (TPSA) is 20.3 Å². The molecule has 1 amide bonds. The van der Waals surface area contributed by atoms with Crippen molar-refractivity contribution < 1.29 is 4.79 Å². The normalized spacial score (nSPS) is 17.3. The van der Waals surface area contributed by atoms with E-state index in [4.69, 9.17) is 0 Å². The summed E-state index contributed by atoms with van der Waals surface area (Å²) >= 11 is 5.17. The maximum atomic E-state index is 12.6. The van der Waals surface area contributed by atoms with Crippen molar-refractivity contribution in [1.29, 1.82) is 0 Å². The van der Waals surface area contributed by atoms with Crippen LogP contribution in [0.2, 0.25) is 0 Å². The van der Waals surface area contributed by atoms with Crippen LogP contribution in [-0.2, 0) is 11.2 Å². The fraction of sp³-hybridized carbons (Fsp3) is 0.533. The number of alkyl halides is 1. The fourth-order valence-electron chi connectivity index (χ4n) is 2.31. The predicted molar refractivity (Wildman–Crippen MR) is 85.1 cm³/mol. The van der Waals surface area contributed by atoms with Crippen LogP contribution >= 0.6 is 27.7 Å². The molecule has 0 radical (unpaired) electrons. The van der Waals surface area contributed by atoms with E-state index in [2.05, 4.69) is 41.1 Å². The summed E-state index contributed by atoms with van der Waals surface area (Å²) in [6, 6.07) is 8.36. The maximum absolute atomic E-state index is 12.6. The number of carbonyl (C=O) groups is 1. The van der Waals surface area contributed by atoms with Crippen LogP contribution in [-0.4, -0.2) is 34.5 Å². The van der Waals surface area contributed by atoms with Gasteiger partial charge < -0.3 is 4.90 Å². The summed E-state index contributed by atoms with van der Waals surface area (Å²) in [4.78, 5) is 15.9. The Morgan fingerprint density at radius 1 is 1.42 bits per heavy atom. The van der Waals surface area contributed by atoms with Crippen LogP contribution in [0, 0.1) is 0 Å². The third kappa shape index (κ3) is 3.76. The average Bonchev–Trinajstić information content (AvgIpc) is 2.86. The minimum atomic E-state index is 0.0771. The second-order valence-corrected chi connectivity index (χ2v) is 6.82. The van der Waals surface area contributed by atoms with Crippen molar-refractivity contribution in [3.63, 3.8) is 0 Å². The zero-order valence-corrected chi connectivity index (χ0v) is 13.7. The fourth-order valence-corrected chi connectivity index (χ4v) is 4.01. The quantitative estimate of drug-likeness (QED) is 0.735. The zero-order valence-electron chi connectivity index (χ0n) is 11.3. The van der Waals surface area contributed by atoms with Gasteiger partial charge in [0.2, 0.25) is 5.91 Å². The van der Waals surface area contributed by atoms with Crippen molar-refractivity contribution in [2.75, 3.05) is 18.4 Å². The van der Waals surface area contributed by atoms with Gasteiger partial charge in [-0.1, -0.05) is 47.5 Å². The highest BCUT2D eigenvalue weighted by Crippen LogP contribution is 2.37. The summed E-state index contributed by atoms with van der Waals surface area (Å²) < 4.78 is 0. The Morgan fingerprint density at radius 3 is 2.89 bits per heavy atom. The second kappa shape index (κ2) is 7.34. The molecule has 4 heteroatoms. The van der Waals surface area contributed by atoms with Crippen LogP contribution in [0.4, 0.5) is 0 Å². The number of nitrogens with zero attached hydrogens (tertiary/aromatic N) is 1. The molecule has 0 N–H and O–H groups in total. The molecule has 0 spiro atoms. The van der Waals surface area contributed by atoms with E-state index in [1.165, 1.54) is 10.5 Å². The van der Waals surface area contributed by atoms with Crippen molar-refractivity contribution in [1.82, 2.24) is 4.90 Å². The molecule has 0 saturated heterocycles. The number of benzene rings is 1. The summed E-state index contributed by atoms with van der Waals surface area (Å²) in [5.41, 5.74) is 1.32. The van der Waals surface area contributed by atoms with E-state index in [1.54, 1.807) is 11.8 Å². The van der Waals surface area contributed by atoms with Gasteiger partial charge in [-0.05, 0) is 24.5 Å². The molecule has 1 aromatic carbocycles. The zero-order chi connectivity index (χ0) is 13.7. The summed E-state index contributed by atoms with van der Waals surface area (Å²) in [5.74, 6) is 0.300. The van der Waals surface area contributed by atoms with Crippen LogP contribution in [0.25, 0.3) is 0 Å². The molecule has 0 saturated carbocycles. The first-order valence-corrected chi connectivity index (χ1v) is 8.85. The van der Waals surface area contributed by atoms with Crippen molar-refractivity contribution in [3.05, 3.63) is 29.8 Å². The molecule has 1 atom stereocenters. The Morgan fingerprint density at radius 2 is 2.21 bits per heavy atom. The maximum Gasteiger partial charge on any atom is 0.236 e. The summed E-state index contributed by atoms with van der Waals surface area (Å²) in [5, 5.41) is 0.931. The molecule has 1 aliphatic rings. The summed E-state index contributed by atoms with van der Waals surface area (Å²) in [6.45, 7) is 3.86. The monoisotopic (exact) mass is 341 g/mol. The van der Waals surface area contributed by atoms with Crippen LogP contribution in [0.5, 0.6) is 0 Å². The smallest absolute Gasteiger partial charge is 0.236 e. The lowest BCUT2D eigenvalue weighted by Gasteiger charge is -2.24. The number of carbonyl (C=O) groups excluding carboxylic acids is 1. The number of hydrogen-bond acceptors (Lipinski definition) is 2. The lowest BCUT2D eigenvalue weighted by atomic mass is 10.1. The third-order valence-corrected chi connectivity index (χ3v) is 5.03. The molecular formula is C15H20BrNOS. The van der Waals surface area contributed by atoms with Gasteiger partial charge in [-0.15, -0.1) is 11.8 Å². The SMILES string of the molecule is CCCCN(CCBr)C(=O)C1Cc2ccccc2S1. The molecule has 1 heterocycles. The lowest BCUT2D eigenvalue weighted by molar-refractivity contribution is -0.130. The first-order valence-electron chi connectivity index (χ1n) is 6.85. The second-order valence-electron chi connectivity index (χ2n) is 4.79. The Kier molecular flexibility index (Phi) is 5.76. The van der Waals surface area contributed by atoms with Gasteiger partial charge in [0.25, 0.3) is 0 Å². The lowest BCUT2D eigenvalue weighted by Crippen LogP contribution is -2.39. The minimum absolute atomic E-state index is 0.0771. The van der Waals surface area contributed by atoms with Crippen LogP contribution in [0.15, 0.2) is 29.2 Å². The molecule has 0 aromatic heterocycles. The molecule has 2 rings (SSSR count). The average molecular weight is 342 g/mol. The summed E-state index contributed by atoms with van der Waals surface area (Å²) in [6.07, 6.45) is 3.09. The van der Waals surface area contributed by atoms with Crippen LogP contribution in [0.1, 0.15) is 25.3 Å². The largest absolute Gasteiger partial charge is 0.341 e. The van der Waals surface area contributed by atoms with E-state index in [-0.39, 0.29) is 5.25 Å². The molecule has 0 aliphatic carbocycles. The van der Waals surface area contributed by atoms with Gasteiger partial charge in [-0.3, -0.25) is 4.79 Å². The molecule has 1 unspecified atom stereocenters. The van der Waals surface area contributed by atoms with E-state index >= 15 is 0 Å². The van der Waals surface area contributed by atoms with Crippen molar-refractivity contribution in [2.45, 2.75) is 36.3 Å². The highest BCUT2D eigenvalue weighted by Gasteiger charge is 2.30. The molecular weight excluding hydrogens is 322 g/mol. The highest BCUT2D eigenvalue weighted by molar-refractivity contribution is 9.09. The first kappa shape index (κ1) is 14.9. The van der Waals surface area contributed by atoms with E-state index in [0.717, 1.165) is 37.7 Å². The summed E-state index contributed by atoms with van der Waals surface area (Å²) in [7, 11) is 0. The van der Waals surface area contributed by atoms with Gasteiger partial charge in [-0.2, -0.15) is 0 Å². The van der Waals surface area contributed by atoms with Gasteiger partial charge >= 0.3 is 0 Å². The van der Waals surface area contributed by atoms with Crippen LogP contribution in [0.3, 0.4) is 0 Å². The Labute approximate surface area is 128 Å². The number of fused-ring (bicyclic) bond motifs is 1. The molecule has 2 nitrogen and oxygen atoms in total. The van der Waals surface area contributed by atoms with E-state index in [9.17, 15) is 4.79 Å². The van der Waals surface area contributed by atoms with Gasteiger partial charge in [0.1, 0.15) is 0 Å². The minimum Gasteiger partial charge on any atom is -0.341 e. The van der Waals surface area contributed by atoms with Gasteiger partial charge in [0.05, 0.1) is 5.25 Å². The molecule has 0 bridgehead atoms. The third-order valence-electron chi connectivity index (χ3n) is 3.37. The molecule has 19 heavy (non-hydrogen) atoms. The number of rotatable bonds is 6. The van der Waals surface area contributed by atoms with Crippen molar-refractivity contribution in [3.8, 4) is 0 Å². The number of hydrogen-bond donors (Lipinski definition) is 0. The predicted octanol–water partition coefficient (Wildman–Crippen LogP) is 3.73. The molecule has 104 valence electrons. The number of amides is 1. The standard InChI is InChI=1S/C15H20BrNOS/c1-2-3-9-17(10-8-16)15(18)14-11-12-6-4-5-7-13(12)19-14/h4-7,14H,2-3,8-11H2,1H3. The molecule has 0 fully saturated rings. The van der Waals surface area contributed by atoms with Crippen LogP contribution < -0.4 is 0 Å². The number of unbranched alkanes of at least 4 members (excludes halogenated alkanes) is 1. The number of halogens is 1. The van der Waals surface area contributed by atoms with Crippen molar-refractivity contribution in [2.24, 2.45) is 0 Å². The van der Waals surface area contributed by atoms with Gasteiger partial charge in [-0.25, -0.2) is 0 Å². The first-order chi connectivity index (χ1) is 9.26. The molecule has 1 aromatic rings. The Bertz CT molecular complexity index is 413. The number of thioether (sulfide) groups is 1.